The fraction of sp³-hybridized carbons (Fsp3) is 0.636. The van der Waals surface area contributed by atoms with Gasteiger partial charge in [0.05, 0.1) is 0 Å². The van der Waals surface area contributed by atoms with Crippen LogP contribution in [0.25, 0.3) is 0 Å². The zero-order chi connectivity index (χ0) is 11.2. The Bertz CT molecular complexity index is 419. The van der Waals surface area contributed by atoms with Crippen LogP contribution in [0.2, 0.25) is 0 Å². The minimum Gasteiger partial charge on any atom is -0.476 e. The maximum absolute atomic E-state index is 10.6. The smallest absolute Gasteiger partial charge is 0.357 e. The first-order valence-corrected chi connectivity index (χ1v) is 5.62. The van der Waals surface area contributed by atoms with Crippen molar-refractivity contribution >= 4 is 12.0 Å². The maximum Gasteiger partial charge on any atom is 0.357 e. The van der Waals surface area contributed by atoms with Gasteiger partial charge >= 0.3 is 5.97 Å². The summed E-state index contributed by atoms with van der Waals surface area (Å²) in [6.45, 7) is 0.858. The molecule has 0 radical (unpaired) electrons. The molecule has 0 unspecified atom stereocenters. The third-order valence-corrected chi connectivity index (χ3v) is 3.65. The zero-order valence-electron chi connectivity index (χ0n) is 8.90. The van der Waals surface area contributed by atoms with Crippen LogP contribution in [-0.4, -0.2) is 22.6 Å². The minimum atomic E-state index is -1.06. The molecule has 0 aromatic carbocycles. The summed E-state index contributed by atoms with van der Waals surface area (Å²) in [5.41, 5.74) is 0.413. The van der Waals surface area contributed by atoms with Crippen LogP contribution in [0.4, 0.5) is 6.01 Å². The molecule has 1 aromatic rings. The number of aromatic nitrogens is 1. The fourth-order valence-corrected chi connectivity index (χ4v) is 2.29. The highest BCUT2D eigenvalue weighted by molar-refractivity contribution is 5.85. The van der Waals surface area contributed by atoms with Gasteiger partial charge in [0.2, 0.25) is 0 Å². The lowest BCUT2D eigenvalue weighted by Gasteiger charge is -2.13. The highest BCUT2D eigenvalue weighted by atomic mass is 16.4. The Labute approximate surface area is 92.9 Å². The van der Waals surface area contributed by atoms with Gasteiger partial charge in [0, 0.05) is 6.54 Å². The quantitative estimate of drug-likeness (QED) is 0.796. The van der Waals surface area contributed by atoms with Gasteiger partial charge in [-0.1, -0.05) is 0 Å². The Hall–Kier alpha value is -1.52. The van der Waals surface area contributed by atoms with E-state index in [0.29, 0.717) is 11.4 Å². The topological polar surface area (TPSA) is 75.4 Å². The molecule has 3 rings (SSSR count). The third-order valence-electron chi connectivity index (χ3n) is 3.65. The van der Waals surface area contributed by atoms with Crippen LogP contribution in [0, 0.1) is 11.3 Å². The van der Waals surface area contributed by atoms with Crippen molar-refractivity contribution in [1.29, 1.82) is 0 Å². The lowest BCUT2D eigenvalue weighted by Crippen LogP contribution is -2.17. The number of nitrogens with zero attached hydrogens (tertiary/aromatic N) is 1. The molecule has 0 aliphatic heterocycles. The van der Waals surface area contributed by atoms with E-state index in [4.69, 9.17) is 9.52 Å². The van der Waals surface area contributed by atoms with Crippen LogP contribution in [-0.2, 0) is 0 Å². The van der Waals surface area contributed by atoms with E-state index in [1.165, 1.54) is 31.9 Å². The minimum absolute atomic E-state index is 0.0428. The number of carbonyl (C=O) groups is 1. The highest BCUT2D eigenvalue weighted by Crippen LogP contribution is 2.61. The number of nitrogens with one attached hydrogen (secondary N) is 1. The largest absolute Gasteiger partial charge is 0.476 e. The van der Waals surface area contributed by atoms with Crippen molar-refractivity contribution in [2.45, 2.75) is 25.7 Å². The average molecular weight is 222 g/mol. The summed E-state index contributed by atoms with van der Waals surface area (Å²) in [4.78, 5) is 14.4. The van der Waals surface area contributed by atoms with Gasteiger partial charge in [-0.25, -0.2) is 4.79 Å². The molecule has 0 saturated heterocycles. The average Bonchev–Trinajstić information content (AvgIpc) is 3.13. The number of aromatic carboxylic acids is 1. The molecule has 1 heterocycles. The number of carboxylic acids is 1. The molecule has 2 fully saturated rings. The van der Waals surface area contributed by atoms with Crippen LogP contribution in [0.1, 0.15) is 36.2 Å². The lowest BCUT2D eigenvalue weighted by molar-refractivity contribution is 0.0690. The van der Waals surface area contributed by atoms with Gasteiger partial charge < -0.3 is 14.8 Å². The molecule has 0 amide bonds. The standard InChI is InChI=1S/C11H14N2O3/c14-9(15)8-5-16-10(13-8)12-6-11(3-4-11)7-1-2-7/h5,7H,1-4,6H2,(H,12,13)(H,14,15). The van der Waals surface area contributed by atoms with Crippen LogP contribution < -0.4 is 5.32 Å². The predicted octanol–water partition coefficient (Wildman–Crippen LogP) is 1.97. The molecule has 1 aromatic heterocycles. The number of carboxylic acid groups (broad SMARTS) is 1. The van der Waals surface area contributed by atoms with Crippen molar-refractivity contribution in [2.24, 2.45) is 11.3 Å². The molecule has 2 aliphatic rings. The number of hydrogen-bond acceptors (Lipinski definition) is 4. The van der Waals surface area contributed by atoms with E-state index in [0.717, 1.165) is 12.5 Å². The molecule has 16 heavy (non-hydrogen) atoms. The van der Waals surface area contributed by atoms with E-state index >= 15 is 0 Å². The zero-order valence-corrected chi connectivity index (χ0v) is 8.90. The second-order valence-electron chi connectivity index (χ2n) is 4.83. The highest BCUT2D eigenvalue weighted by Gasteiger charge is 2.53. The van der Waals surface area contributed by atoms with Gasteiger partial charge in [0.15, 0.2) is 5.69 Å². The summed E-state index contributed by atoms with van der Waals surface area (Å²) in [5.74, 6) is -0.186. The first kappa shape index (κ1) is 9.69. The summed E-state index contributed by atoms with van der Waals surface area (Å²) >= 11 is 0. The fourth-order valence-electron chi connectivity index (χ4n) is 2.29. The van der Waals surface area contributed by atoms with Crippen molar-refractivity contribution in [1.82, 2.24) is 4.98 Å². The summed E-state index contributed by atoms with van der Waals surface area (Å²) in [6.07, 6.45) is 6.40. The van der Waals surface area contributed by atoms with E-state index in [9.17, 15) is 4.79 Å². The molecule has 0 spiro atoms. The first-order valence-electron chi connectivity index (χ1n) is 5.62. The predicted molar refractivity (Wildman–Crippen MR) is 56.3 cm³/mol. The molecule has 2 N–H and O–H groups in total. The van der Waals surface area contributed by atoms with Gasteiger partial charge in [-0.2, -0.15) is 4.98 Å². The Balaban J connectivity index is 1.59. The van der Waals surface area contributed by atoms with Gasteiger partial charge in [-0.05, 0) is 37.0 Å². The first-order chi connectivity index (χ1) is 7.70. The SMILES string of the molecule is O=C(O)c1coc(NCC2(C3CC3)CC2)n1. The number of oxazole rings is 1. The van der Waals surface area contributed by atoms with Crippen molar-refractivity contribution in [3.05, 3.63) is 12.0 Å². The number of rotatable bonds is 5. The number of hydrogen-bond donors (Lipinski definition) is 2. The monoisotopic (exact) mass is 222 g/mol. The molecular weight excluding hydrogens is 208 g/mol. The molecule has 0 bridgehead atoms. The van der Waals surface area contributed by atoms with Crippen LogP contribution in [0.5, 0.6) is 0 Å². The van der Waals surface area contributed by atoms with Crippen LogP contribution in [0.3, 0.4) is 0 Å². The van der Waals surface area contributed by atoms with E-state index in [2.05, 4.69) is 10.3 Å². The van der Waals surface area contributed by atoms with Crippen LogP contribution >= 0.6 is 0 Å². The van der Waals surface area contributed by atoms with Crippen LogP contribution in [0.15, 0.2) is 10.7 Å². The molecular formula is C11H14N2O3. The van der Waals surface area contributed by atoms with Crippen molar-refractivity contribution in [3.8, 4) is 0 Å². The Kier molecular flexibility index (Phi) is 1.96. The summed E-state index contributed by atoms with van der Waals surface area (Å²) in [6, 6.07) is 0.323. The second-order valence-corrected chi connectivity index (χ2v) is 4.83. The summed E-state index contributed by atoms with van der Waals surface area (Å²) in [5, 5.41) is 11.8. The van der Waals surface area contributed by atoms with E-state index in [-0.39, 0.29) is 5.69 Å². The van der Waals surface area contributed by atoms with Gasteiger partial charge in [-0.3, -0.25) is 0 Å². The van der Waals surface area contributed by atoms with Gasteiger partial charge in [-0.15, -0.1) is 0 Å². The number of anilines is 1. The molecule has 5 nitrogen and oxygen atoms in total. The molecule has 2 aliphatic carbocycles. The Morgan fingerprint density at radius 1 is 1.62 bits per heavy atom. The maximum atomic E-state index is 10.6. The Morgan fingerprint density at radius 2 is 2.38 bits per heavy atom. The lowest BCUT2D eigenvalue weighted by atomic mass is 10.0. The van der Waals surface area contributed by atoms with Crippen molar-refractivity contribution in [2.75, 3.05) is 11.9 Å². The Morgan fingerprint density at radius 3 is 2.88 bits per heavy atom. The van der Waals surface area contributed by atoms with E-state index in [1.54, 1.807) is 0 Å². The summed E-state index contributed by atoms with van der Waals surface area (Å²) < 4.78 is 5.05. The molecule has 5 heteroatoms. The summed E-state index contributed by atoms with van der Waals surface area (Å²) in [7, 11) is 0. The second kappa shape index (κ2) is 3.23. The third kappa shape index (κ3) is 1.66. The molecule has 86 valence electrons. The van der Waals surface area contributed by atoms with Gasteiger partial charge in [0.1, 0.15) is 6.26 Å². The van der Waals surface area contributed by atoms with Gasteiger partial charge in [0.25, 0.3) is 6.01 Å². The normalized spacial score (nSPS) is 21.8. The van der Waals surface area contributed by atoms with E-state index < -0.39 is 5.97 Å². The van der Waals surface area contributed by atoms with E-state index in [1.807, 2.05) is 0 Å². The molecule has 2 saturated carbocycles. The molecule has 0 atom stereocenters. The van der Waals surface area contributed by atoms with Crippen molar-refractivity contribution in [3.63, 3.8) is 0 Å². The van der Waals surface area contributed by atoms with Crippen molar-refractivity contribution < 1.29 is 14.3 Å².